The minimum Gasteiger partial charge on any atom is -0.322 e. The van der Waals surface area contributed by atoms with Crippen LogP contribution in [0.2, 0.25) is 0 Å². The van der Waals surface area contributed by atoms with Crippen molar-refractivity contribution in [3.05, 3.63) is 223 Å². The molecule has 0 radical (unpaired) electrons. The summed E-state index contributed by atoms with van der Waals surface area (Å²) in [7, 11) is 0. The largest absolute Gasteiger partial charge is 0.322 e. The van der Waals surface area contributed by atoms with E-state index in [0.29, 0.717) is 0 Å². The summed E-state index contributed by atoms with van der Waals surface area (Å²) in [6, 6.07) is 76.4. The van der Waals surface area contributed by atoms with E-state index in [2.05, 4.69) is 216 Å². The van der Waals surface area contributed by atoms with Gasteiger partial charge in [-0.25, -0.2) is 0 Å². The number of hydrogen-bond donors (Lipinski definition) is 0. The lowest BCUT2D eigenvalue weighted by atomic mass is 9.80. The van der Waals surface area contributed by atoms with Gasteiger partial charge in [0.15, 0.2) is 0 Å². The summed E-state index contributed by atoms with van der Waals surface area (Å²) >= 11 is 1.86. The Balaban J connectivity index is 1.22. The Morgan fingerprint density at radius 3 is 1.84 bits per heavy atom. The molecule has 9 aromatic carbocycles. The monoisotopic (exact) mass is 730 g/mol. The second-order valence-corrected chi connectivity index (χ2v) is 15.9. The summed E-state index contributed by atoms with van der Waals surface area (Å²) in [5.74, 6) is 0. The van der Waals surface area contributed by atoms with Gasteiger partial charge in [0.05, 0.1) is 16.7 Å². The Morgan fingerprint density at radius 2 is 1.02 bits per heavy atom. The Hall–Kier alpha value is -6.94. The van der Waals surface area contributed by atoms with E-state index >= 15 is 0 Å². The van der Waals surface area contributed by atoms with Gasteiger partial charge >= 0.3 is 0 Å². The SMILES string of the molecule is c1ccc(C2(n3c4ccccc4c4ccc(N(c5ccc6ccccc6c5)c5cccc6sc7ccccc7c56)cc43)c3ccccc3-c3ccccc32)cc1. The highest BCUT2D eigenvalue weighted by atomic mass is 32.1. The Bertz CT molecular complexity index is 3290. The zero-order valence-corrected chi connectivity index (χ0v) is 31.2. The van der Waals surface area contributed by atoms with Crippen molar-refractivity contribution < 1.29 is 0 Å². The van der Waals surface area contributed by atoms with Crippen molar-refractivity contribution in [2.24, 2.45) is 0 Å². The molecule has 2 aromatic heterocycles. The number of hydrogen-bond acceptors (Lipinski definition) is 2. The number of anilines is 3. The lowest BCUT2D eigenvalue weighted by molar-refractivity contribution is 0.564. The Kier molecular flexibility index (Phi) is 6.75. The summed E-state index contributed by atoms with van der Waals surface area (Å²) in [4.78, 5) is 2.49. The molecule has 0 fully saturated rings. The molecule has 0 N–H and O–H groups in total. The van der Waals surface area contributed by atoms with Crippen molar-refractivity contribution in [1.29, 1.82) is 0 Å². The fourth-order valence-electron chi connectivity index (χ4n) is 9.72. The standard InChI is InChI=1S/C53H34N2S/c1-2-17-37(18-3-1)53(45-23-10-6-19-40(45)41-20-7-11-24-46(41)53)55-47-25-12-8-21-42(47)43-32-31-39(34-49(43)55)54(38-30-29-35-15-4-5-16-36(35)33-38)48-26-14-28-51-52(48)44-22-9-13-27-50(44)56-51/h1-34H. The quantitative estimate of drug-likeness (QED) is 0.171. The normalized spacial score (nSPS) is 13.1. The number of benzene rings is 9. The van der Waals surface area contributed by atoms with Crippen LogP contribution < -0.4 is 4.90 Å². The van der Waals surface area contributed by atoms with Gasteiger partial charge in [-0.1, -0.05) is 158 Å². The second-order valence-electron chi connectivity index (χ2n) is 14.8. The van der Waals surface area contributed by atoms with Crippen molar-refractivity contribution in [1.82, 2.24) is 4.57 Å². The maximum atomic E-state index is 2.65. The molecule has 1 aliphatic carbocycles. The lowest BCUT2D eigenvalue weighted by Gasteiger charge is -2.36. The van der Waals surface area contributed by atoms with Crippen molar-refractivity contribution in [3.8, 4) is 11.1 Å². The molecule has 0 amide bonds. The Morgan fingerprint density at radius 1 is 0.411 bits per heavy atom. The first-order valence-electron chi connectivity index (χ1n) is 19.3. The van der Waals surface area contributed by atoms with Crippen molar-refractivity contribution in [3.63, 3.8) is 0 Å². The van der Waals surface area contributed by atoms with Gasteiger partial charge in [-0.3, -0.25) is 0 Å². The van der Waals surface area contributed by atoms with Gasteiger partial charge in [0.25, 0.3) is 0 Å². The molecule has 1 aliphatic rings. The van der Waals surface area contributed by atoms with Crippen LogP contribution in [0.5, 0.6) is 0 Å². The lowest BCUT2D eigenvalue weighted by Crippen LogP contribution is -2.35. The van der Waals surface area contributed by atoms with E-state index < -0.39 is 5.54 Å². The van der Waals surface area contributed by atoms with E-state index in [-0.39, 0.29) is 0 Å². The van der Waals surface area contributed by atoms with Gasteiger partial charge in [0, 0.05) is 42.3 Å². The number of nitrogens with zero attached hydrogens (tertiary/aromatic N) is 2. The highest BCUT2D eigenvalue weighted by Gasteiger charge is 2.47. The third-order valence-electron chi connectivity index (χ3n) is 12.0. The third kappa shape index (κ3) is 4.32. The zero-order chi connectivity index (χ0) is 36.8. The second kappa shape index (κ2) is 12.0. The summed E-state index contributed by atoms with van der Waals surface area (Å²) in [5, 5.41) is 7.49. The predicted octanol–water partition coefficient (Wildman–Crippen LogP) is 14.6. The number of rotatable bonds is 5. The molecule has 2 nitrogen and oxygen atoms in total. The number of aromatic nitrogens is 1. The molecule has 12 rings (SSSR count). The van der Waals surface area contributed by atoms with Gasteiger partial charge in [0.2, 0.25) is 0 Å². The van der Waals surface area contributed by atoms with Crippen LogP contribution in [0.1, 0.15) is 16.7 Å². The molecule has 3 heteroatoms. The summed E-state index contributed by atoms with van der Waals surface area (Å²) in [5.41, 5.74) is 11.6. The van der Waals surface area contributed by atoms with Crippen LogP contribution in [0.3, 0.4) is 0 Å². The van der Waals surface area contributed by atoms with Gasteiger partial charge in [-0.05, 0) is 87.1 Å². The van der Waals surface area contributed by atoms with Crippen LogP contribution in [0.15, 0.2) is 206 Å². The molecule has 0 unspecified atom stereocenters. The van der Waals surface area contributed by atoms with Gasteiger partial charge in [-0.15, -0.1) is 11.3 Å². The molecule has 2 heterocycles. The van der Waals surface area contributed by atoms with E-state index in [1.54, 1.807) is 0 Å². The molecule has 262 valence electrons. The van der Waals surface area contributed by atoms with Crippen LogP contribution in [0.25, 0.3) is 63.9 Å². The summed E-state index contributed by atoms with van der Waals surface area (Å²) in [6.07, 6.45) is 0. The van der Waals surface area contributed by atoms with Gasteiger partial charge in [0.1, 0.15) is 5.54 Å². The molecule has 0 saturated carbocycles. The van der Waals surface area contributed by atoms with Crippen LogP contribution in [0, 0.1) is 0 Å². The average Bonchev–Trinajstić information content (AvgIpc) is 3.91. The summed E-state index contributed by atoms with van der Waals surface area (Å²) in [6.45, 7) is 0. The first-order valence-corrected chi connectivity index (χ1v) is 20.1. The predicted molar refractivity (Wildman–Crippen MR) is 238 cm³/mol. The van der Waals surface area contributed by atoms with E-state index in [9.17, 15) is 0 Å². The molecule has 0 saturated heterocycles. The van der Waals surface area contributed by atoms with Crippen molar-refractivity contribution in [2.75, 3.05) is 4.90 Å². The molecule has 0 bridgehead atoms. The number of thiophene rings is 1. The van der Waals surface area contributed by atoms with Gasteiger partial charge < -0.3 is 9.47 Å². The number of fused-ring (bicyclic) bond motifs is 10. The van der Waals surface area contributed by atoms with E-state index in [0.717, 1.165) is 11.4 Å². The number of para-hydroxylation sites is 1. The fourth-order valence-corrected chi connectivity index (χ4v) is 10.8. The fraction of sp³-hybridized carbons (Fsp3) is 0.0189. The highest BCUT2D eigenvalue weighted by molar-refractivity contribution is 7.26. The Labute approximate surface area is 328 Å². The average molecular weight is 731 g/mol. The smallest absolute Gasteiger partial charge is 0.122 e. The molecule has 56 heavy (non-hydrogen) atoms. The zero-order valence-electron chi connectivity index (χ0n) is 30.4. The highest BCUT2D eigenvalue weighted by Crippen LogP contribution is 2.56. The van der Waals surface area contributed by atoms with Crippen LogP contribution in [-0.2, 0) is 5.54 Å². The van der Waals surface area contributed by atoms with E-state index in [1.165, 1.54) is 86.3 Å². The maximum Gasteiger partial charge on any atom is 0.122 e. The topological polar surface area (TPSA) is 8.17 Å². The van der Waals surface area contributed by atoms with Crippen LogP contribution >= 0.6 is 11.3 Å². The summed E-state index contributed by atoms with van der Waals surface area (Å²) < 4.78 is 5.24. The van der Waals surface area contributed by atoms with Crippen LogP contribution in [0.4, 0.5) is 17.1 Å². The molecule has 0 aliphatic heterocycles. The van der Waals surface area contributed by atoms with Gasteiger partial charge in [-0.2, -0.15) is 0 Å². The molecular formula is C53H34N2S. The third-order valence-corrected chi connectivity index (χ3v) is 13.1. The van der Waals surface area contributed by atoms with E-state index in [1.807, 2.05) is 11.3 Å². The van der Waals surface area contributed by atoms with Crippen molar-refractivity contribution in [2.45, 2.75) is 5.54 Å². The maximum absolute atomic E-state index is 2.65. The minimum atomic E-state index is -0.619. The molecule has 11 aromatic rings. The van der Waals surface area contributed by atoms with Crippen LogP contribution in [-0.4, -0.2) is 4.57 Å². The first-order chi connectivity index (χ1) is 27.8. The van der Waals surface area contributed by atoms with E-state index in [4.69, 9.17) is 0 Å². The molecule has 0 spiro atoms. The first kappa shape index (κ1) is 31.4. The van der Waals surface area contributed by atoms with Crippen molar-refractivity contribution >= 4 is 81.1 Å². The molecule has 0 atom stereocenters. The minimum absolute atomic E-state index is 0.619. The molecular weight excluding hydrogens is 697 g/mol.